The Hall–Kier alpha value is -1.44. The topological polar surface area (TPSA) is 83.5 Å². The first-order chi connectivity index (χ1) is 11.1. The van der Waals surface area contributed by atoms with Crippen LogP contribution in [0.25, 0.3) is 0 Å². The summed E-state index contributed by atoms with van der Waals surface area (Å²) >= 11 is 0. The second-order valence-corrected chi connectivity index (χ2v) is 8.59. The third-order valence-corrected chi connectivity index (χ3v) is 6.10. The van der Waals surface area contributed by atoms with Crippen LogP contribution in [0.1, 0.15) is 31.2 Å². The molecule has 7 heteroatoms. The SMILES string of the molecule is C[N+]1(C)C2CCCC1CC(=O)NC2.Cc1ccc(S(=O)(=O)O)cc1. The highest BCUT2D eigenvalue weighted by Gasteiger charge is 2.42. The molecule has 2 aliphatic rings. The Morgan fingerprint density at radius 3 is 2.29 bits per heavy atom. The van der Waals surface area contributed by atoms with E-state index in [1.807, 2.05) is 6.92 Å². The van der Waals surface area contributed by atoms with Crippen LogP contribution in [0.5, 0.6) is 0 Å². The molecule has 0 aliphatic carbocycles. The van der Waals surface area contributed by atoms with Gasteiger partial charge in [0.25, 0.3) is 10.1 Å². The van der Waals surface area contributed by atoms with E-state index in [0.29, 0.717) is 12.1 Å². The third kappa shape index (κ3) is 4.55. The number of aryl methyl sites for hydroxylation is 1. The van der Waals surface area contributed by atoms with Crippen molar-refractivity contribution in [1.29, 1.82) is 0 Å². The number of quaternary nitrogens is 1. The van der Waals surface area contributed by atoms with Crippen molar-refractivity contribution in [3.05, 3.63) is 29.8 Å². The summed E-state index contributed by atoms with van der Waals surface area (Å²) in [4.78, 5) is 11.3. The standard InChI is InChI=1S/C10H18N2O.C7H8O3S/c1-12(2)8-4-3-5-9(12)7-11-10(13)6-8;1-6-2-4-7(5-3-6)11(8,9)10/h8-9H,3-7H2,1-2H3;2-5H,1H3,(H,8,9,10)/p+1. The number of likely N-dealkylation sites (N-methyl/N-ethyl adjacent to an activating group) is 1. The van der Waals surface area contributed by atoms with E-state index in [4.69, 9.17) is 4.55 Å². The molecule has 2 atom stereocenters. The van der Waals surface area contributed by atoms with E-state index in [1.165, 1.54) is 31.4 Å². The lowest BCUT2D eigenvalue weighted by molar-refractivity contribution is -0.941. The second kappa shape index (κ2) is 7.21. The Morgan fingerprint density at radius 1 is 1.12 bits per heavy atom. The quantitative estimate of drug-likeness (QED) is 0.594. The molecule has 3 rings (SSSR count). The van der Waals surface area contributed by atoms with Crippen molar-refractivity contribution in [2.45, 2.75) is 49.6 Å². The smallest absolute Gasteiger partial charge is 0.294 e. The van der Waals surface area contributed by atoms with Gasteiger partial charge in [0.2, 0.25) is 5.91 Å². The van der Waals surface area contributed by atoms with Crippen LogP contribution in [-0.4, -0.2) is 56.1 Å². The van der Waals surface area contributed by atoms with Crippen molar-refractivity contribution in [3.63, 3.8) is 0 Å². The number of carbonyl (C=O) groups is 1. The van der Waals surface area contributed by atoms with Crippen molar-refractivity contribution < 1.29 is 22.2 Å². The van der Waals surface area contributed by atoms with E-state index in [-0.39, 0.29) is 10.8 Å². The molecule has 2 fully saturated rings. The Labute approximate surface area is 144 Å². The molecule has 0 saturated carbocycles. The van der Waals surface area contributed by atoms with E-state index < -0.39 is 10.1 Å². The van der Waals surface area contributed by atoms with Crippen molar-refractivity contribution in [3.8, 4) is 0 Å². The van der Waals surface area contributed by atoms with Gasteiger partial charge in [-0.15, -0.1) is 0 Å². The first-order valence-corrected chi connectivity index (χ1v) is 9.69. The highest BCUT2D eigenvalue weighted by Crippen LogP contribution is 2.30. The molecule has 2 aliphatic heterocycles. The van der Waals surface area contributed by atoms with Crippen molar-refractivity contribution >= 4 is 16.0 Å². The zero-order chi connectivity index (χ0) is 18.0. The molecule has 2 bridgehead atoms. The Morgan fingerprint density at radius 2 is 1.71 bits per heavy atom. The highest BCUT2D eigenvalue weighted by atomic mass is 32.2. The first kappa shape index (κ1) is 18.9. The van der Waals surface area contributed by atoms with Crippen LogP contribution < -0.4 is 5.32 Å². The molecule has 2 unspecified atom stereocenters. The second-order valence-electron chi connectivity index (χ2n) is 7.16. The third-order valence-electron chi connectivity index (χ3n) is 5.23. The zero-order valence-corrected chi connectivity index (χ0v) is 15.3. The van der Waals surface area contributed by atoms with Gasteiger partial charge in [0, 0.05) is 12.8 Å². The maximum Gasteiger partial charge on any atom is 0.294 e. The van der Waals surface area contributed by atoms with Crippen LogP contribution in [0.4, 0.5) is 0 Å². The zero-order valence-electron chi connectivity index (χ0n) is 14.5. The van der Waals surface area contributed by atoms with Crippen molar-refractivity contribution in [1.82, 2.24) is 5.32 Å². The molecule has 0 aromatic heterocycles. The Balaban J connectivity index is 0.000000177. The molecule has 6 nitrogen and oxygen atoms in total. The number of carbonyl (C=O) groups excluding carboxylic acids is 1. The monoisotopic (exact) mass is 355 g/mol. The maximum absolute atomic E-state index is 11.4. The largest absolute Gasteiger partial charge is 0.350 e. The molecule has 134 valence electrons. The number of amides is 1. The van der Waals surface area contributed by atoms with E-state index in [9.17, 15) is 13.2 Å². The fourth-order valence-corrected chi connectivity index (χ4v) is 3.94. The van der Waals surface area contributed by atoms with Gasteiger partial charge in [0.1, 0.15) is 6.04 Å². The number of hydrogen-bond acceptors (Lipinski definition) is 3. The van der Waals surface area contributed by atoms with Crippen LogP contribution in [0.3, 0.4) is 0 Å². The van der Waals surface area contributed by atoms with Crippen molar-refractivity contribution in [2.75, 3.05) is 20.6 Å². The average molecular weight is 355 g/mol. The van der Waals surface area contributed by atoms with Gasteiger partial charge in [-0.25, -0.2) is 0 Å². The number of rotatable bonds is 1. The fourth-order valence-electron chi connectivity index (χ4n) is 3.46. The van der Waals surface area contributed by atoms with Crippen LogP contribution in [0, 0.1) is 6.92 Å². The summed E-state index contributed by atoms with van der Waals surface area (Å²) in [5, 5.41) is 3.02. The predicted octanol–water partition coefficient (Wildman–Crippen LogP) is 1.75. The lowest BCUT2D eigenvalue weighted by Crippen LogP contribution is -2.58. The molecule has 24 heavy (non-hydrogen) atoms. The van der Waals surface area contributed by atoms with Crippen LogP contribution in [-0.2, 0) is 14.9 Å². The van der Waals surface area contributed by atoms with E-state index >= 15 is 0 Å². The molecule has 2 heterocycles. The molecule has 2 N–H and O–H groups in total. The summed E-state index contributed by atoms with van der Waals surface area (Å²) in [6.45, 7) is 2.72. The molecule has 1 amide bonds. The number of benzene rings is 1. The minimum atomic E-state index is -4.02. The van der Waals surface area contributed by atoms with E-state index in [0.717, 1.165) is 23.0 Å². The molecule has 0 spiro atoms. The number of hydrogen-bond donors (Lipinski definition) is 2. The summed E-state index contributed by atoms with van der Waals surface area (Å²) in [6, 6.07) is 7.19. The number of piperidine rings is 1. The van der Waals surface area contributed by atoms with E-state index in [2.05, 4.69) is 19.4 Å². The molecule has 1 aromatic rings. The van der Waals surface area contributed by atoms with Crippen LogP contribution in [0.15, 0.2) is 29.2 Å². The molecular weight excluding hydrogens is 328 g/mol. The van der Waals surface area contributed by atoms with E-state index in [1.54, 1.807) is 12.1 Å². The van der Waals surface area contributed by atoms with Gasteiger partial charge in [0.05, 0.1) is 38.0 Å². The Kier molecular flexibility index (Phi) is 5.67. The lowest BCUT2D eigenvalue weighted by atomic mass is 9.92. The molecule has 2 saturated heterocycles. The van der Waals surface area contributed by atoms with Crippen LogP contribution in [0.2, 0.25) is 0 Å². The minimum Gasteiger partial charge on any atom is -0.350 e. The fraction of sp³-hybridized carbons (Fsp3) is 0.588. The predicted molar refractivity (Wildman–Crippen MR) is 92.2 cm³/mol. The van der Waals surface area contributed by atoms with Gasteiger partial charge in [-0.3, -0.25) is 9.35 Å². The minimum absolute atomic E-state index is 0.0666. The molecule has 1 aromatic carbocycles. The summed E-state index contributed by atoms with van der Waals surface area (Å²) < 4.78 is 30.6. The molecular formula is C17H27N2O4S+. The van der Waals surface area contributed by atoms with Crippen LogP contribution >= 0.6 is 0 Å². The number of nitrogens with zero attached hydrogens (tertiary/aromatic N) is 1. The summed E-state index contributed by atoms with van der Waals surface area (Å²) in [7, 11) is 0.526. The first-order valence-electron chi connectivity index (χ1n) is 8.25. The average Bonchev–Trinajstić information content (AvgIpc) is 2.55. The number of fused-ring (bicyclic) bond motifs is 2. The lowest BCUT2D eigenvalue weighted by Gasteiger charge is -2.45. The Bertz CT molecular complexity index is 683. The van der Waals surface area contributed by atoms with Crippen molar-refractivity contribution in [2.24, 2.45) is 0 Å². The van der Waals surface area contributed by atoms with Gasteiger partial charge in [0.15, 0.2) is 0 Å². The van der Waals surface area contributed by atoms with Gasteiger partial charge < -0.3 is 9.80 Å². The summed E-state index contributed by atoms with van der Waals surface area (Å²) in [5.41, 5.74) is 0.956. The maximum atomic E-state index is 11.4. The normalized spacial score (nSPS) is 25.8. The van der Waals surface area contributed by atoms with Gasteiger partial charge in [-0.05, 0) is 25.5 Å². The summed E-state index contributed by atoms with van der Waals surface area (Å²) in [6.07, 6.45) is 4.51. The van der Waals surface area contributed by atoms with Gasteiger partial charge in [-0.1, -0.05) is 17.7 Å². The number of nitrogens with one attached hydrogen (secondary N) is 1. The summed E-state index contributed by atoms with van der Waals surface area (Å²) in [5.74, 6) is 0.251. The van der Waals surface area contributed by atoms with Gasteiger partial charge >= 0.3 is 0 Å². The van der Waals surface area contributed by atoms with Gasteiger partial charge in [-0.2, -0.15) is 8.42 Å². The molecule has 0 radical (unpaired) electrons. The highest BCUT2D eigenvalue weighted by molar-refractivity contribution is 7.85.